The zero-order chi connectivity index (χ0) is 13.3. The molecule has 1 aromatic heterocycles. The highest BCUT2D eigenvalue weighted by Crippen LogP contribution is 2.35. The van der Waals surface area contributed by atoms with Gasteiger partial charge in [0.25, 0.3) is 5.91 Å². The Morgan fingerprint density at radius 3 is 2.33 bits per heavy atom. The van der Waals surface area contributed by atoms with Gasteiger partial charge in [0, 0.05) is 4.88 Å². The Bertz CT molecular complexity index is 570. The summed E-state index contributed by atoms with van der Waals surface area (Å²) in [6.07, 6.45) is 0. The van der Waals surface area contributed by atoms with Gasteiger partial charge in [-0.05, 0) is 47.4 Å². The van der Waals surface area contributed by atoms with Crippen LogP contribution in [0.2, 0.25) is 0 Å². The molecule has 1 amide bonds. The van der Waals surface area contributed by atoms with Crippen molar-refractivity contribution in [2.75, 3.05) is 0 Å². The van der Waals surface area contributed by atoms with Crippen LogP contribution in [-0.4, -0.2) is 11.0 Å². The van der Waals surface area contributed by atoms with Crippen LogP contribution in [0.25, 0.3) is 10.4 Å². The molecule has 0 spiro atoms. The molecular weight excluding hydrogens is 246 g/mol. The standard InChI is InChI=1S/C14H15NO2S/c1-8(2)11-7-12(18-13(11)14(15)17)9-3-5-10(16)6-4-9/h3-8,16H,1-2H3,(H2,15,17). The minimum Gasteiger partial charge on any atom is -0.508 e. The van der Waals surface area contributed by atoms with Crippen molar-refractivity contribution in [2.45, 2.75) is 19.8 Å². The number of phenols is 1. The first kappa shape index (κ1) is 12.6. The lowest BCUT2D eigenvalue weighted by Crippen LogP contribution is -2.11. The van der Waals surface area contributed by atoms with E-state index in [0.29, 0.717) is 4.88 Å². The summed E-state index contributed by atoms with van der Waals surface area (Å²) in [5.74, 6) is 0.109. The highest BCUT2D eigenvalue weighted by atomic mass is 32.1. The maximum Gasteiger partial charge on any atom is 0.259 e. The largest absolute Gasteiger partial charge is 0.508 e. The van der Waals surface area contributed by atoms with E-state index in [1.807, 2.05) is 32.0 Å². The van der Waals surface area contributed by atoms with E-state index < -0.39 is 0 Å². The Morgan fingerprint density at radius 1 is 1.28 bits per heavy atom. The van der Waals surface area contributed by atoms with Crippen molar-refractivity contribution < 1.29 is 9.90 Å². The molecule has 0 fully saturated rings. The number of hydrogen-bond acceptors (Lipinski definition) is 3. The summed E-state index contributed by atoms with van der Waals surface area (Å²) in [6.45, 7) is 4.07. The van der Waals surface area contributed by atoms with Crippen molar-refractivity contribution >= 4 is 17.2 Å². The number of rotatable bonds is 3. The van der Waals surface area contributed by atoms with Crippen molar-refractivity contribution in [2.24, 2.45) is 5.73 Å². The van der Waals surface area contributed by atoms with Crippen LogP contribution in [0.1, 0.15) is 35.0 Å². The fraction of sp³-hybridized carbons (Fsp3) is 0.214. The fourth-order valence-corrected chi connectivity index (χ4v) is 2.97. The lowest BCUT2D eigenvalue weighted by Gasteiger charge is -2.02. The van der Waals surface area contributed by atoms with Crippen molar-refractivity contribution in [3.8, 4) is 16.2 Å². The number of primary amides is 1. The minimum atomic E-state index is -0.381. The van der Waals surface area contributed by atoms with E-state index in [9.17, 15) is 9.90 Å². The summed E-state index contributed by atoms with van der Waals surface area (Å²) in [6, 6.07) is 8.93. The molecule has 0 aliphatic rings. The van der Waals surface area contributed by atoms with Crippen molar-refractivity contribution in [1.29, 1.82) is 0 Å². The molecule has 0 atom stereocenters. The number of carbonyl (C=O) groups excluding carboxylic acids is 1. The molecule has 0 aliphatic carbocycles. The molecule has 94 valence electrons. The predicted molar refractivity (Wildman–Crippen MR) is 74.0 cm³/mol. The number of amides is 1. The van der Waals surface area contributed by atoms with E-state index in [1.165, 1.54) is 11.3 Å². The van der Waals surface area contributed by atoms with Gasteiger partial charge in [0.2, 0.25) is 0 Å². The van der Waals surface area contributed by atoms with E-state index in [2.05, 4.69) is 0 Å². The third kappa shape index (κ3) is 2.38. The third-order valence-electron chi connectivity index (χ3n) is 2.76. The molecule has 0 saturated carbocycles. The molecule has 2 rings (SSSR count). The molecule has 1 aromatic carbocycles. The summed E-state index contributed by atoms with van der Waals surface area (Å²) in [7, 11) is 0. The quantitative estimate of drug-likeness (QED) is 0.890. The van der Waals surface area contributed by atoms with Gasteiger partial charge < -0.3 is 10.8 Å². The Labute approximate surface area is 110 Å². The van der Waals surface area contributed by atoms with E-state index in [1.54, 1.807) is 12.1 Å². The monoisotopic (exact) mass is 261 g/mol. The van der Waals surface area contributed by atoms with E-state index in [0.717, 1.165) is 16.0 Å². The van der Waals surface area contributed by atoms with Gasteiger partial charge in [0.05, 0.1) is 4.88 Å². The van der Waals surface area contributed by atoms with E-state index >= 15 is 0 Å². The van der Waals surface area contributed by atoms with Crippen LogP contribution >= 0.6 is 11.3 Å². The highest BCUT2D eigenvalue weighted by Gasteiger charge is 2.16. The minimum absolute atomic E-state index is 0.231. The Balaban J connectivity index is 2.49. The first-order valence-corrected chi connectivity index (χ1v) is 6.53. The van der Waals surface area contributed by atoms with Gasteiger partial charge in [-0.3, -0.25) is 4.79 Å². The maximum atomic E-state index is 11.4. The number of carbonyl (C=O) groups is 1. The zero-order valence-corrected chi connectivity index (χ0v) is 11.1. The number of hydrogen-bond donors (Lipinski definition) is 2. The van der Waals surface area contributed by atoms with Crippen LogP contribution < -0.4 is 5.73 Å². The second-order valence-corrected chi connectivity index (χ2v) is 5.51. The average molecular weight is 261 g/mol. The molecule has 3 N–H and O–H groups in total. The van der Waals surface area contributed by atoms with Gasteiger partial charge in [0.1, 0.15) is 5.75 Å². The summed E-state index contributed by atoms with van der Waals surface area (Å²) in [5.41, 5.74) is 7.36. The van der Waals surface area contributed by atoms with Crippen molar-refractivity contribution in [1.82, 2.24) is 0 Å². The van der Waals surface area contributed by atoms with Gasteiger partial charge in [0.15, 0.2) is 0 Å². The summed E-state index contributed by atoms with van der Waals surface area (Å²) in [4.78, 5) is 13.0. The third-order valence-corrected chi connectivity index (χ3v) is 3.97. The molecule has 0 unspecified atom stereocenters. The van der Waals surface area contributed by atoms with Gasteiger partial charge >= 0.3 is 0 Å². The first-order valence-electron chi connectivity index (χ1n) is 5.72. The van der Waals surface area contributed by atoms with E-state index in [-0.39, 0.29) is 17.6 Å². The molecule has 0 bridgehead atoms. The van der Waals surface area contributed by atoms with Crippen LogP contribution in [0.5, 0.6) is 5.75 Å². The average Bonchev–Trinajstić information content (AvgIpc) is 2.75. The number of phenolic OH excluding ortho intramolecular Hbond substituents is 1. The maximum absolute atomic E-state index is 11.4. The van der Waals surface area contributed by atoms with Gasteiger partial charge in [-0.25, -0.2) is 0 Å². The van der Waals surface area contributed by atoms with Crippen LogP contribution in [0.4, 0.5) is 0 Å². The first-order chi connectivity index (χ1) is 8.49. The van der Waals surface area contributed by atoms with Gasteiger partial charge in [-0.2, -0.15) is 0 Å². The SMILES string of the molecule is CC(C)c1cc(-c2ccc(O)cc2)sc1C(N)=O. The van der Waals surface area contributed by atoms with Crippen LogP contribution in [0.15, 0.2) is 30.3 Å². The molecule has 0 aliphatic heterocycles. The fourth-order valence-electron chi connectivity index (χ4n) is 1.79. The molecule has 4 heteroatoms. The topological polar surface area (TPSA) is 63.3 Å². The Hall–Kier alpha value is -1.81. The molecule has 0 saturated heterocycles. The molecule has 0 radical (unpaired) electrons. The summed E-state index contributed by atoms with van der Waals surface area (Å²) in [5, 5.41) is 9.27. The van der Waals surface area contributed by atoms with Crippen molar-refractivity contribution in [3.05, 3.63) is 40.8 Å². The second-order valence-electron chi connectivity index (χ2n) is 4.46. The predicted octanol–water partition coefficient (Wildman–Crippen LogP) is 3.34. The number of thiophene rings is 1. The molecule has 1 heterocycles. The molecule has 3 nitrogen and oxygen atoms in total. The van der Waals surface area contributed by atoms with Gasteiger partial charge in [-0.15, -0.1) is 11.3 Å². The van der Waals surface area contributed by atoms with Crippen LogP contribution in [-0.2, 0) is 0 Å². The molecule has 18 heavy (non-hydrogen) atoms. The van der Waals surface area contributed by atoms with Crippen molar-refractivity contribution in [3.63, 3.8) is 0 Å². The number of benzene rings is 1. The number of aromatic hydroxyl groups is 1. The van der Waals surface area contributed by atoms with E-state index in [4.69, 9.17) is 5.73 Å². The van der Waals surface area contributed by atoms with Crippen LogP contribution in [0.3, 0.4) is 0 Å². The summed E-state index contributed by atoms with van der Waals surface area (Å²) >= 11 is 1.40. The lowest BCUT2D eigenvalue weighted by molar-refractivity contribution is 0.100. The Kier molecular flexibility index (Phi) is 3.39. The normalized spacial score (nSPS) is 10.8. The second kappa shape index (κ2) is 4.82. The smallest absolute Gasteiger partial charge is 0.259 e. The van der Waals surface area contributed by atoms with Gasteiger partial charge in [-0.1, -0.05) is 13.8 Å². The lowest BCUT2D eigenvalue weighted by atomic mass is 10.0. The Morgan fingerprint density at radius 2 is 1.89 bits per heavy atom. The number of nitrogens with two attached hydrogens (primary N) is 1. The molecular formula is C14H15NO2S. The molecule has 2 aromatic rings. The summed E-state index contributed by atoms with van der Waals surface area (Å²) < 4.78 is 0. The highest BCUT2D eigenvalue weighted by molar-refractivity contribution is 7.17. The zero-order valence-electron chi connectivity index (χ0n) is 10.3. The van der Waals surface area contributed by atoms with Crippen LogP contribution in [0, 0.1) is 0 Å².